The number of rotatable bonds is 4. The Kier molecular flexibility index (Phi) is 6.31. The van der Waals surface area contributed by atoms with Crippen LogP contribution in [0.4, 0.5) is 5.69 Å². The van der Waals surface area contributed by atoms with Gasteiger partial charge in [0.15, 0.2) is 17.2 Å². The van der Waals surface area contributed by atoms with Gasteiger partial charge >= 0.3 is 0 Å². The van der Waals surface area contributed by atoms with Crippen molar-refractivity contribution in [2.24, 2.45) is 4.99 Å². The minimum atomic E-state index is 0.0260. The van der Waals surface area contributed by atoms with E-state index in [1.54, 1.807) is 14.2 Å². The molecule has 0 aromatic heterocycles. The molecule has 2 aliphatic heterocycles. The van der Waals surface area contributed by atoms with Gasteiger partial charge in [-0.1, -0.05) is 30.3 Å². The number of benzene rings is 3. The largest absolute Gasteiger partial charge is 0.497 e. The molecule has 1 amide bonds. The van der Waals surface area contributed by atoms with E-state index in [2.05, 4.69) is 11.8 Å². The van der Waals surface area contributed by atoms with E-state index in [0.717, 1.165) is 28.4 Å². The molecule has 7 nitrogen and oxygen atoms in total. The average molecular weight is 472 g/mol. The number of hydrogen-bond donors (Lipinski definition) is 0. The van der Waals surface area contributed by atoms with Crippen LogP contribution in [0.15, 0.2) is 71.7 Å². The van der Waals surface area contributed by atoms with Crippen molar-refractivity contribution in [3.63, 3.8) is 0 Å². The quantitative estimate of drug-likeness (QED) is 0.554. The van der Waals surface area contributed by atoms with E-state index < -0.39 is 0 Å². The number of ether oxygens (including phenoxy) is 3. The standard InChI is InChI=1S/C28H29N3O4/c1-19-18-30(14-15-31(19)26(32)17-20-8-6-9-21(16-20)33-2)28-22-10-7-13-25(34-3)27(22)35-24-12-5-4-11-23(24)29-28/h4-13,16,19H,14-15,17-18H2,1-3H3/t19-/m0/s1. The highest BCUT2D eigenvalue weighted by molar-refractivity contribution is 6.04. The molecule has 0 radical (unpaired) electrons. The number of methoxy groups -OCH3 is 2. The summed E-state index contributed by atoms with van der Waals surface area (Å²) in [5.41, 5.74) is 2.60. The average Bonchev–Trinajstić information content (AvgIpc) is 3.05. The molecule has 3 aromatic carbocycles. The summed E-state index contributed by atoms with van der Waals surface area (Å²) in [5.74, 6) is 3.71. The highest BCUT2D eigenvalue weighted by Crippen LogP contribution is 2.42. The lowest BCUT2D eigenvalue weighted by Crippen LogP contribution is -2.55. The lowest BCUT2D eigenvalue weighted by Gasteiger charge is -2.41. The maximum Gasteiger partial charge on any atom is 0.227 e. The van der Waals surface area contributed by atoms with E-state index >= 15 is 0 Å². The molecule has 1 fully saturated rings. The third-order valence-electron chi connectivity index (χ3n) is 6.48. The molecule has 0 aliphatic carbocycles. The van der Waals surface area contributed by atoms with Crippen LogP contribution in [-0.2, 0) is 11.2 Å². The molecule has 5 rings (SSSR count). The van der Waals surface area contributed by atoms with Gasteiger partial charge in [-0.2, -0.15) is 0 Å². The summed E-state index contributed by atoms with van der Waals surface area (Å²) in [6.45, 7) is 4.04. The van der Waals surface area contributed by atoms with Crippen molar-refractivity contribution < 1.29 is 19.0 Å². The van der Waals surface area contributed by atoms with Gasteiger partial charge in [-0.05, 0) is 48.9 Å². The lowest BCUT2D eigenvalue weighted by molar-refractivity contribution is -0.134. The smallest absolute Gasteiger partial charge is 0.227 e. The predicted octanol–water partition coefficient (Wildman–Crippen LogP) is 4.66. The number of aliphatic imine (C=N–C) groups is 1. The first kappa shape index (κ1) is 22.8. The number of hydrogen-bond acceptors (Lipinski definition) is 6. The molecule has 0 unspecified atom stereocenters. The van der Waals surface area contributed by atoms with Crippen LogP contribution in [0.5, 0.6) is 23.0 Å². The fraction of sp³-hybridized carbons (Fsp3) is 0.286. The van der Waals surface area contributed by atoms with Gasteiger partial charge in [-0.25, -0.2) is 4.99 Å². The zero-order valence-corrected chi connectivity index (χ0v) is 20.2. The van der Waals surface area contributed by atoms with E-state index in [-0.39, 0.29) is 11.9 Å². The zero-order valence-electron chi connectivity index (χ0n) is 20.2. The van der Waals surface area contributed by atoms with E-state index in [1.807, 2.05) is 71.6 Å². The minimum Gasteiger partial charge on any atom is -0.497 e. The predicted molar refractivity (Wildman–Crippen MR) is 135 cm³/mol. The van der Waals surface area contributed by atoms with Crippen LogP contribution in [0.1, 0.15) is 18.1 Å². The van der Waals surface area contributed by atoms with Crippen LogP contribution in [0, 0.1) is 0 Å². The fourth-order valence-corrected chi connectivity index (χ4v) is 4.70. The third kappa shape index (κ3) is 4.54. The first-order chi connectivity index (χ1) is 17.1. The highest BCUT2D eigenvalue weighted by atomic mass is 16.5. The van der Waals surface area contributed by atoms with Gasteiger partial charge in [0.1, 0.15) is 17.3 Å². The van der Waals surface area contributed by atoms with Gasteiger partial charge in [-0.15, -0.1) is 0 Å². The Labute approximate surface area is 205 Å². The second kappa shape index (κ2) is 9.70. The van der Waals surface area contributed by atoms with E-state index in [9.17, 15) is 4.79 Å². The number of amides is 1. The molecule has 2 heterocycles. The van der Waals surface area contributed by atoms with E-state index in [1.165, 1.54) is 0 Å². The molecule has 1 saturated heterocycles. The van der Waals surface area contributed by atoms with Gasteiger partial charge in [0.05, 0.1) is 26.2 Å². The maximum absolute atomic E-state index is 13.2. The molecular weight excluding hydrogens is 442 g/mol. The SMILES string of the molecule is COc1cccc(CC(=O)N2CCN(C3=Nc4ccccc4Oc4c(OC)cccc43)C[C@@H]2C)c1. The summed E-state index contributed by atoms with van der Waals surface area (Å²) in [5, 5.41) is 0. The van der Waals surface area contributed by atoms with Crippen LogP contribution >= 0.6 is 0 Å². The molecule has 0 spiro atoms. The summed E-state index contributed by atoms with van der Waals surface area (Å²) in [7, 11) is 3.27. The van der Waals surface area contributed by atoms with Crippen LogP contribution < -0.4 is 14.2 Å². The summed E-state index contributed by atoms with van der Waals surface area (Å²) < 4.78 is 17.2. The number of para-hydroxylation sites is 3. The van der Waals surface area contributed by atoms with E-state index in [0.29, 0.717) is 43.3 Å². The highest BCUT2D eigenvalue weighted by Gasteiger charge is 2.32. The molecule has 35 heavy (non-hydrogen) atoms. The fourth-order valence-electron chi connectivity index (χ4n) is 4.70. The van der Waals surface area contributed by atoms with Gasteiger partial charge in [0.2, 0.25) is 5.91 Å². The first-order valence-corrected chi connectivity index (χ1v) is 11.8. The Hall–Kier alpha value is -4.00. The van der Waals surface area contributed by atoms with Crippen molar-refractivity contribution in [1.29, 1.82) is 0 Å². The van der Waals surface area contributed by atoms with Crippen molar-refractivity contribution in [1.82, 2.24) is 9.80 Å². The Balaban J connectivity index is 1.39. The van der Waals surface area contributed by atoms with E-state index in [4.69, 9.17) is 19.2 Å². The van der Waals surface area contributed by atoms with Crippen LogP contribution in [0.2, 0.25) is 0 Å². The maximum atomic E-state index is 13.2. The number of piperazine rings is 1. The van der Waals surface area contributed by atoms with Gasteiger partial charge < -0.3 is 24.0 Å². The molecule has 180 valence electrons. The topological polar surface area (TPSA) is 63.6 Å². The summed E-state index contributed by atoms with van der Waals surface area (Å²) in [6.07, 6.45) is 0.351. The molecule has 0 N–H and O–H groups in total. The van der Waals surface area contributed by atoms with Gasteiger partial charge in [-0.3, -0.25) is 4.79 Å². The summed E-state index contributed by atoms with van der Waals surface area (Å²) in [6, 6.07) is 21.3. The minimum absolute atomic E-state index is 0.0260. The van der Waals surface area contributed by atoms with Crippen molar-refractivity contribution in [3.8, 4) is 23.0 Å². The number of amidine groups is 1. The molecule has 7 heteroatoms. The molecule has 3 aromatic rings. The zero-order chi connectivity index (χ0) is 24.4. The second-order valence-corrected chi connectivity index (χ2v) is 8.75. The van der Waals surface area contributed by atoms with Gasteiger partial charge in [0.25, 0.3) is 0 Å². The van der Waals surface area contributed by atoms with Crippen molar-refractivity contribution in [2.45, 2.75) is 19.4 Å². The van der Waals surface area contributed by atoms with Crippen molar-refractivity contribution >= 4 is 17.4 Å². The Morgan fingerprint density at radius 3 is 2.66 bits per heavy atom. The third-order valence-corrected chi connectivity index (χ3v) is 6.48. The Morgan fingerprint density at radius 2 is 1.86 bits per heavy atom. The number of fused-ring (bicyclic) bond motifs is 2. The van der Waals surface area contributed by atoms with Crippen LogP contribution in [0.25, 0.3) is 0 Å². The lowest BCUT2D eigenvalue weighted by atomic mass is 10.1. The van der Waals surface area contributed by atoms with Crippen LogP contribution in [-0.4, -0.2) is 61.4 Å². The second-order valence-electron chi connectivity index (χ2n) is 8.75. The molecular formula is C28H29N3O4. The summed E-state index contributed by atoms with van der Waals surface area (Å²) in [4.78, 5) is 22.4. The van der Waals surface area contributed by atoms with Crippen LogP contribution in [0.3, 0.4) is 0 Å². The monoisotopic (exact) mass is 471 g/mol. The first-order valence-electron chi connectivity index (χ1n) is 11.8. The normalized spacial score (nSPS) is 16.9. The van der Waals surface area contributed by atoms with Crippen molar-refractivity contribution in [2.75, 3.05) is 33.9 Å². The summed E-state index contributed by atoms with van der Waals surface area (Å²) >= 11 is 0. The Bertz CT molecular complexity index is 1270. The van der Waals surface area contributed by atoms with Gasteiger partial charge in [0, 0.05) is 25.7 Å². The number of carbonyl (C=O) groups is 1. The van der Waals surface area contributed by atoms with Crippen molar-refractivity contribution in [3.05, 3.63) is 77.9 Å². The Morgan fingerprint density at radius 1 is 1.03 bits per heavy atom. The molecule has 0 bridgehead atoms. The number of nitrogens with zero attached hydrogens (tertiary/aromatic N) is 3. The molecule has 1 atom stereocenters. The molecule has 0 saturated carbocycles. The number of carbonyl (C=O) groups excluding carboxylic acids is 1. The molecule has 2 aliphatic rings.